The molecule has 0 spiro atoms. The second-order valence-corrected chi connectivity index (χ2v) is 5.10. The van der Waals surface area contributed by atoms with Crippen molar-refractivity contribution in [1.82, 2.24) is 9.55 Å². The van der Waals surface area contributed by atoms with E-state index in [1.807, 2.05) is 0 Å². The second-order valence-electron chi connectivity index (χ2n) is 4.72. The summed E-state index contributed by atoms with van der Waals surface area (Å²) in [7, 11) is 0. The molecule has 0 atom stereocenters. The zero-order valence-electron chi connectivity index (χ0n) is 10.9. The van der Waals surface area contributed by atoms with Gasteiger partial charge in [-0.05, 0) is 48.5 Å². The molecule has 0 fully saturated rings. The summed E-state index contributed by atoms with van der Waals surface area (Å²) in [5, 5.41) is 0. The van der Waals surface area contributed by atoms with Gasteiger partial charge in [-0.1, -0.05) is 12.1 Å². The van der Waals surface area contributed by atoms with Gasteiger partial charge in [0.05, 0.1) is 5.52 Å². The first kappa shape index (κ1) is 13.9. The Morgan fingerprint density at radius 3 is 2.43 bits per heavy atom. The van der Waals surface area contributed by atoms with E-state index >= 15 is 0 Å². The molecule has 1 N–H and O–H groups in total. The summed E-state index contributed by atoms with van der Waals surface area (Å²) in [5.41, 5.74) is 1.48. The molecule has 21 heavy (non-hydrogen) atoms. The van der Waals surface area contributed by atoms with Crippen molar-refractivity contribution in [2.24, 2.45) is 0 Å². The summed E-state index contributed by atoms with van der Waals surface area (Å²) in [4.78, 5) is 2.85. The number of aromatic amines is 1. The van der Waals surface area contributed by atoms with Crippen LogP contribution in [0.1, 0.15) is 5.56 Å². The average molecular weight is 308 g/mol. The zero-order valence-corrected chi connectivity index (χ0v) is 11.7. The lowest BCUT2D eigenvalue weighted by Crippen LogP contribution is -2.03. The third-order valence-corrected chi connectivity index (χ3v) is 3.69. The van der Waals surface area contributed by atoms with Crippen LogP contribution < -0.4 is 0 Å². The average Bonchev–Trinajstić information content (AvgIpc) is 2.79. The molecule has 0 saturated heterocycles. The predicted octanol–water partition coefficient (Wildman–Crippen LogP) is 4.36. The van der Waals surface area contributed by atoms with Crippen molar-refractivity contribution in [2.45, 2.75) is 13.0 Å². The number of nitrogens with one attached hydrogen (secondary N) is 1. The molecule has 3 aromatic rings. The molecule has 0 amide bonds. The van der Waals surface area contributed by atoms with E-state index in [0.717, 1.165) is 11.6 Å². The van der Waals surface area contributed by atoms with E-state index in [1.54, 1.807) is 12.1 Å². The molecule has 2 aromatic carbocycles. The van der Waals surface area contributed by atoms with Gasteiger partial charge in [-0.3, -0.25) is 0 Å². The van der Waals surface area contributed by atoms with Crippen molar-refractivity contribution < 1.29 is 13.2 Å². The first-order chi connectivity index (χ1) is 10.1. The molecule has 3 rings (SSSR count). The predicted molar refractivity (Wildman–Crippen MR) is 77.1 cm³/mol. The van der Waals surface area contributed by atoms with Crippen LogP contribution in [0.5, 0.6) is 0 Å². The highest BCUT2D eigenvalue weighted by molar-refractivity contribution is 7.71. The van der Waals surface area contributed by atoms with Crippen LogP contribution in [0.2, 0.25) is 0 Å². The number of benzene rings is 2. The minimum absolute atomic E-state index is 0.127. The first-order valence-electron chi connectivity index (χ1n) is 6.37. The van der Waals surface area contributed by atoms with Crippen molar-refractivity contribution in [3.63, 3.8) is 0 Å². The van der Waals surface area contributed by atoms with Gasteiger partial charge in [0.1, 0.15) is 11.3 Å². The smallest absolute Gasteiger partial charge is 0.184 e. The Balaban J connectivity index is 1.97. The lowest BCUT2D eigenvalue weighted by Gasteiger charge is -2.06. The highest BCUT2D eigenvalue weighted by Gasteiger charge is 2.13. The number of halogens is 3. The zero-order chi connectivity index (χ0) is 15.0. The quantitative estimate of drug-likeness (QED) is 0.713. The number of aromatic nitrogens is 2. The van der Waals surface area contributed by atoms with Crippen LogP contribution in [0.25, 0.3) is 11.0 Å². The van der Waals surface area contributed by atoms with E-state index < -0.39 is 11.6 Å². The van der Waals surface area contributed by atoms with Crippen molar-refractivity contribution in [1.29, 1.82) is 0 Å². The molecule has 0 aliphatic heterocycles. The Hall–Kier alpha value is -2.08. The number of fused-ring (bicyclic) bond motifs is 1. The molecular formula is C15H11F3N2S. The molecular weight excluding hydrogens is 297 g/mol. The SMILES string of the molecule is Fc1ccc(CCn2c(=S)[nH]c3ccc(F)c(F)c32)cc1. The maximum Gasteiger partial charge on any atom is 0.184 e. The van der Waals surface area contributed by atoms with Gasteiger partial charge in [0.25, 0.3) is 0 Å². The molecule has 0 aliphatic rings. The van der Waals surface area contributed by atoms with Crippen LogP contribution in [-0.4, -0.2) is 9.55 Å². The number of hydrogen-bond donors (Lipinski definition) is 1. The molecule has 0 unspecified atom stereocenters. The van der Waals surface area contributed by atoms with Crippen molar-refractivity contribution in [3.05, 3.63) is 64.2 Å². The minimum Gasteiger partial charge on any atom is -0.330 e. The van der Waals surface area contributed by atoms with E-state index in [1.165, 1.54) is 22.8 Å². The van der Waals surface area contributed by atoms with Gasteiger partial charge >= 0.3 is 0 Å². The number of aryl methyl sites for hydroxylation is 2. The Kier molecular flexibility index (Phi) is 3.55. The van der Waals surface area contributed by atoms with Crippen LogP contribution in [0.4, 0.5) is 13.2 Å². The van der Waals surface area contributed by atoms with Crippen LogP contribution in [-0.2, 0) is 13.0 Å². The van der Waals surface area contributed by atoms with Crippen molar-refractivity contribution in [3.8, 4) is 0 Å². The van der Waals surface area contributed by atoms with Crippen LogP contribution in [0.15, 0.2) is 36.4 Å². The summed E-state index contributed by atoms with van der Waals surface area (Å²) in [6.45, 7) is 0.380. The molecule has 0 saturated carbocycles. The standard InChI is InChI=1S/C15H11F3N2S/c16-10-3-1-9(2-4-10)7-8-20-14-12(19-15(20)21)6-5-11(17)13(14)18/h1-6H,7-8H2,(H,19,21). The first-order valence-corrected chi connectivity index (χ1v) is 6.78. The van der Waals surface area contributed by atoms with Gasteiger partial charge in [-0.25, -0.2) is 13.2 Å². The number of imidazole rings is 1. The van der Waals surface area contributed by atoms with E-state index in [9.17, 15) is 13.2 Å². The molecule has 1 aromatic heterocycles. The van der Waals surface area contributed by atoms with Gasteiger partial charge < -0.3 is 9.55 Å². The topological polar surface area (TPSA) is 20.7 Å². The van der Waals surface area contributed by atoms with Crippen LogP contribution in [0, 0.1) is 22.2 Å². The van der Waals surface area contributed by atoms with Gasteiger partial charge in [-0.15, -0.1) is 0 Å². The fourth-order valence-corrected chi connectivity index (χ4v) is 2.59. The Morgan fingerprint density at radius 1 is 1.00 bits per heavy atom. The van der Waals surface area contributed by atoms with Crippen molar-refractivity contribution in [2.75, 3.05) is 0 Å². The third kappa shape index (κ3) is 2.58. The fourth-order valence-electron chi connectivity index (χ4n) is 2.29. The Labute approximate surface area is 123 Å². The van der Waals surface area contributed by atoms with E-state index in [-0.39, 0.29) is 11.3 Å². The summed E-state index contributed by atoms with van der Waals surface area (Å²) < 4.78 is 42.0. The summed E-state index contributed by atoms with van der Waals surface area (Å²) in [5.74, 6) is -2.14. The summed E-state index contributed by atoms with van der Waals surface area (Å²) in [6.07, 6.45) is 0.539. The summed E-state index contributed by atoms with van der Waals surface area (Å²) >= 11 is 5.15. The Bertz CT molecular complexity index is 850. The van der Waals surface area contributed by atoms with Crippen LogP contribution >= 0.6 is 12.2 Å². The third-order valence-electron chi connectivity index (χ3n) is 3.36. The number of rotatable bonds is 3. The van der Waals surface area contributed by atoms with E-state index in [4.69, 9.17) is 12.2 Å². The van der Waals surface area contributed by atoms with E-state index in [2.05, 4.69) is 4.98 Å². The monoisotopic (exact) mass is 308 g/mol. The highest BCUT2D eigenvalue weighted by atomic mass is 32.1. The van der Waals surface area contributed by atoms with Gasteiger partial charge in [0.2, 0.25) is 0 Å². The molecule has 2 nitrogen and oxygen atoms in total. The molecule has 0 bridgehead atoms. The highest BCUT2D eigenvalue weighted by Crippen LogP contribution is 2.21. The second kappa shape index (κ2) is 5.37. The minimum atomic E-state index is -0.918. The number of hydrogen-bond acceptors (Lipinski definition) is 1. The van der Waals surface area contributed by atoms with Crippen LogP contribution in [0.3, 0.4) is 0 Å². The van der Waals surface area contributed by atoms with Gasteiger partial charge in [-0.2, -0.15) is 0 Å². The summed E-state index contributed by atoms with van der Waals surface area (Å²) in [6, 6.07) is 8.56. The maximum atomic E-state index is 13.9. The molecule has 0 radical (unpaired) electrons. The fraction of sp³-hybridized carbons (Fsp3) is 0.133. The maximum absolute atomic E-state index is 13.9. The lowest BCUT2D eigenvalue weighted by atomic mass is 10.1. The molecule has 6 heteroatoms. The van der Waals surface area contributed by atoms with E-state index in [0.29, 0.717) is 23.3 Å². The largest absolute Gasteiger partial charge is 0.330 e. The normalized spacial score (nSPS) is 11.2. The Morgan fingerprint density at radius 2 is 1.71 bits per heavy atom. The van der Waals surface area contributed by atoms with Crippen molar-refractivity contribution >= 4 is 23.3 Å². The molecule has 0 aliphatic carbocycles. The lowest BCUT2D eigenvalue weighted by molar-refractivity contribution is 0.510. The number of nitrogens with zero attached hydrogens (tertiary/aromatic N) is 1. The van der Waals surface area contributed by atoms with Gasteiger partial charge in [0.15, 0.2) is 16.4 Å². The number of H-pyrrole nitrogens is 1. The van der Waals surface area contributed by atoms with Gasteiger partial charge in [0, 0.05) is 6.54 Å². The molecule has 108 valence electrons. The molecule has 1 heterocycles.